The van der Waals surface area contributed by atoms with E-state index in [1.807, 2.05) is 109 Å². The van der Waals surface area contributed by atoms with Crippen LogP contribution in [0, 0.1) is 11.6 Å². The van der Waals surface area contributed by atoms with Gasteiger partial charge in [-0.25, -0.2) is 8.78 Å². The maximum atomic E-state index is 15.5. The van der Waals surface area contributed by atoms with E-state index in [4.69, 9.17) is 14.2 Å². The standard InChI is InChI=1S/C97H63F2NO3/c1-3-62-25-48-75(49-26-62)101-77-52-36-68(37-53-77)95(66-32-40-70(98)41-33-66)85-19-9-5-17-81(85)83-56-46-73(60-90(83)95)100(72-44-29-64(30-45-72)65-31-58-94-92(59-65)97(89-23-13-14-24-93(89)103-94)87-21-11-7-15-79(87)80-16-8-12-22-88(80)97)74-47-57-84-82-18-6-10-20-86(82)96(91(84)61-74,67-34-42-71(99)43-35-67)69-38-54-78(55-39-69)102-76-50-27-63(4-2)28-51-76/h3-61H,1-2H2. The van der Waals surface area contributed by atoms with E-state index in [1.165, 1.54) is 22.3 Å². The molecule has 0 fully saturated rings. The zero-order valence-electron chi connectivity index (χ0n) is 55.9. The Balaban J connectivity index is 0.808. The van der Waals surface area contributed by atoms with Gasteiger partial charge in [0.05, 0.1) is 16.2 Å². The van der Waals surface area contributed by atoms with Crippen LogP contribution >= 0.6 is 0 Å². The molecule has 0 amide bonds. The lowest BCUT2D eigenvalue weighted by Crippen LogP contribution is -2.32. The molecule has 0 saturated heterocycles. The van der Waals surface area contributed by atoms with Gasteiger partial charge in [0.15, 0.2) is 0 Å². The molecule has 15 aromatic rings. The number of benzene rings is 15. The van der Waals surface area contributed by atoms with E-state index in [2.05, 4.69) is 243 Å². The number of ether oxygens (including phenoxy) is 3. The van der Waals surface area contributed by atoms with Crippen molar-refractivity contribution >= 4 is 29.2 Å². The van der Waals surface area contributed by atoms with Crippen LogP contribution in [0.2, 0.25) is 0 Å². The maximum absolute atomic E-state index is 15.5. The van der Waals surface area contributed by atoms with E-state index < -0.39 is 16.2 Å². The first-order chi connectivity index (χ1) is 50.7. The summed E-state index contributed by atoms with van der Waals surface area (Å²) in [4.78, 5) is 2.36. The molecule has 3 aliphatic carbocycles. The SMILES string of the molecule is C=Cc1ccc(Oc2ccc(C3(c4ccc(F)cc4)c4ccccc4-c4ccc(N(c5ccc(-c6ccc7c(c6)C6(c8ccccc8O7)c7ccccc7-c7ccccc76)cc5)c5ccc6c(c5)C(c5ccc(F)cc5)(c5ccc(Oc7ccc(C=C)cc7)cc5)c5ccccc5-6)cc43)cc2)cc1. The molecule has 0 aromatic heterocycles. The highest BCUT2D eigenvalue weighted by atomic mass is 19.1. The largest absolute Gasteiger partial charge is 0.457 e. The Bertz CT molecular complexity index is 5600. The first-order valence-corrected chi connectivity index (χ1v) is 34.8. The molecule has 4 nitrogen and oxygen atoms in total. The number of nitrogens with zero attached hydrogens (tertiary/aromatic N) is 1. The predicted molar refractivity (Wildman–Crippen MR) is 412 cm³/mol. The van der Waals surface area contributed by atoms with Crippen molar-refractivity contribution in [1.82, 2.24) is 0 Å². The Morgan fingerprint density at radius 1 is 0.272 bits per heavy atom. The Labute approximate surface area is 597 Å². The number of hydrogen-bond donors (Lipinski definition) is 0. The zero-order chi connectivity index (χ0) is 69.0. The Morgan fingerprint density at radius 2 is 0.602 bits per heavy atom. The molecule has 2 atom stereocenters. The third kappa shape index (κ3) is 9.41. The molecule has 0 saturated carbocycles. The molecule has 1 heterocycles. The van der Waals surface area contributed by atoms with Crippen molar-refractivity contribution in [3.05, 3.63) is 448 Å². The van der Waals surface area contributed by atoms with Crippen molar-refractivity contribution < 1.29 is 23.0 Å². The smallest absolute Gasteiger partial charge is 0.132 e. The summed E-state index contributed by atoms with van der Waals surface area (Å²) < 4.78 is 50.9. The Morgan fingerprint density at radius 3 is 1.02 bits per heavy atom. The van der Waals surface area contributed by atoms with Crippen LogP contribution < -0.4 is 19.1 Å². The molecule has 488 valence electrons. The summed E-state index contributed by atoms with van der Waals surface area (Å²) in [5, 5.41) is 0. The average Bonchev–Trinajstić information content (AvgIpc) is 1.56. The summed E-state index contributed by atoms with van der Waals surface area (Å²) in [5.74, 6) is 3.79. The van der Waals surface area contributed by atoms with Crippen molar-refractivity contribution in [2.45, 2.75) is 16.2 Å². The van der Waals surface area contributed by atoms with Crippen LogP contribution in [-0.4, -0.2) is 0 Å². The van der Waals surface area contributed by atoms with Crippen LogP contribution in [0.1, 0.15) is 77.9 Å². The van der Waals surface area contributed by atoms with Gasteiger partial charge < -0.3 is 19.1 Å². The molecule has 15 aromatic carbocycles. The van der Waals surface area contributed by atoms with E-state index in [1.54, 1.807) is 24.3 Å². The predicted octanol–water partition coefficient (Wildman–Crippen LogP) is 25.2. The topological polar surface area (TPSA) is 30.9 Å². The van der Waals surface area contributed by atoms with Crippen LogP contribution in [0.25, 0.3) is 56.7 Å². The van der Waals surface area contributed by atoms with Gasteiger partial charge in [0.25, 0.3) is 0 Å². The molecular weight excluding hydrogens is 1270 g/mol. The van der Waals surface area contributed by atoms with E-state index in [0.29, 0.717) is 23.0 Å². The van der Waals surface area contributed by atoms with Gasteiger partial charge in [-0.05, 0) is 239 Å². The lowest BCUT2D eigenvalue weighted by atomic mass is 9.66. The summed E-state index contributed by atoms with van der Waals surface area (Å²) in [6.45, 7) is 7.87. The van der Waals surface area contributed by atoms with Crippen molar-refractivity contribution in [3.8, 4) is 79.0 Å². The van der Waals surface area contributed by atoms with Gasteiger partial charge >= 0.3 is 0 Å². The van der Waals surface area contributed by atoms with Crippen LogP contribution in [0.5, 0.6) is 34.5 Å². The number of hydrogen-bond acceptors (Lipinski definition) is 4. The number of para-hydroxylation sites is 1. The summed E-state index contributed by atoms with van der Waals surface area (Å²) in [7, 11) is 0. The minimum Gasteiger partial charge on any atom is -0.457 e. The van der Waals surface area contributed by atoms with Gasteiger partial charge in [0.1, 0.15) is 46.1 Å². The molecule has 4 aliphatic rings. The summed E-state index contributed by atoms with van der Waals surface area (Å²) in [6, 6.07) is 119. The minimum absolute atomic E-state index is 0.322. The number of halogens is 2. The molecule has 0 bridgehead atoms. The molecule has 2 unspecified atom stereocenters. The molecule has 1 spiro atoms. The molecule has 6 heteroatoms. The van der Waals surface area contributed by atoms with Gasteiger partial charge in [-0.3, -0.25) is 0 Å². The fraction of sp³-hybridized carbons (Fsp3) is 0.0309. The van der Waals surface area contributed by atoms with Crippen molar-refractivity contribution in [1.29, 1.82) is 0 Å². The van der Waals surface area contributed by atoms with Crippen molar-refractivity contribution in [2.24, 2.45) is 0 Å². The summed E-state index contributed by atoms with van der Waals surface area (Å²) in [5.41, 5.74) is 23.6. The molecular formula is C97H63F2NO3. The van der Waals surface area contributed by atoms with Gasteiger partial charge in [-0.2, -0.15) is 0 Å². The second kappa shape index (κ2) is 24.0. The van der Waals surface area contributed by atoms with Gasteiger partial charge in [0, 0.05) is 28.2 Å². The highest BCUT2D eigenvalue weighted by Gasteiger charge is 2.52. The van der Waals surface area contributed by atoms with Crippen molar-refractivity contribution in [2.75, 3.05) is 4.90 Å². The Kier molecular flexibility index (Phi) is 14.2. The number of rotatable bonds is 14. The van der Waals surface area contributed by atoms with Gasteiger partial charge in [0.2, 0.25) is 0 Å². The van der Waals surface area contributed by atoms with Crippen LogP contribution in [0.3, 0.4) is 0 Å². The normalized spacial score (nSPS) is 15.6. The highest BCUT2D eigenvalue weighted by Crippen LogP contribution is 2.64. The molecule has 0 radical (unpaired) electrons. The van der Waals surface area contributed by atoms with Gasteiger partial charge in [-0.15, -0.1) is 0 Å². The fourth-order valence-electron chi connectivity index (χ4n) is 17.2. The second-order valence-corrected chi connectivity index (χ2v) is 26.9. The van der Waals surface area contributed by atoms with Crippen LogP contribution in [-0.2, 0) is 16.2 Å². The number of fused-ring (bicyclic) bond motifs is 15. The van der Waals surface area contributed by atoms with E-state index >= 15 is 8.78 Å². The van der Waals surface area contributed by atoms with E-state index in [0.717, 1.165) is 129 Å². The first-order valence-electron chi connectivity index (χ1n) is 34.8. The molecule has 1 aliphatic heterocycles. The number of anilines is 3. The average molecular weight is 1330 g/mol. The van der Waals surface area contributed by atoms with Crippen LogP contribution in [0.15, 0.2) is 359 Å². The maximum Gasteiger partial charge on any atom is 0.132 e. The van der Waals surface area contributed by atoms with E-state index in [-0.39, 0.29) is 11.6 Å². The minimum atomic E-state index is -0.939. The highest BCUT2D eigenvalue weighted by molar-refractivity contribution is 5.94. The second-order valence-electron chi connectivity index (χ2n) is 26.9. The third-order valence-corrected chi connectivity index (χ3v) is 21.7. The molecule has 19 rings (SSSR count). The van der Waals surface area contributed by atoms with Gasteiger partial charge in [-0.1, -0.05) is 244 Å². The molecule has 0 N–H and O–H groups in total. The first kappa shape index (κ1) is 61.0. The third-order valence-electron chi connectivity index (χ3n) is 21.7. The van der Waals surface area contributed by atoms with Crippen molar-refractivity contribution in [3.63, 3.8) is 0 Å². The van der Waals surface area contributed by atoms with E-state index in [9.17, 15) is 0 Å². The molecule has 103 heavy (non-hydrogen) atoms. The zero-order valence-corrected chi connectivity index (χ0v) is 55.9. The summed E-state index contributed by atoms with van der Waals surface area (Å²) in [6.07, 6.45) is 3.63. The lowest BCUT2D eigenvalue weighted by molar-refractivity contribution is 0.436. The lowest BCUT2D eigenvalue weighted by Gasteiger charge is -2.39. The summed E-state index contributed by atoms with van der Waals surface area (Å²) >= 11 is 0. The Hall–Kier alpha value is -13.2. The van der Waals surface area contributed by atoms with Crippen LogP contribution in [0.4, 0.5) is 25.8 Å². The monoisotopic (exact) mass is 1330 g/mol. The quantitative estimate of drug-likeness (QED) is 0.109. The fourth-order valence-corrected chi connectivity index (χ4v) is 17.2.